The Hall–Kier alpha value is -2.19. The molecule has 2 aromatic rings. The van der Waals surface area contributed by atoms with Crippen LogP contribution in [0, 0.1) is 12.7 Å². The molecule has 1 N–H and O–H groups in total. The quantitative estimate of drug-likeness (QED) is 0.864. The second-order valence-electron chi connectivity index (χ2n) is 3.89. The first kappa shape index (κ1) is 14.2. The maximum Gasteiger partial charge on any atom is 0.276 e. The Morgan fingerprint density at radius 1 is 1.30 bits per heavy atom. The van der Waals surface area contributed by atoms with Gasteiger partial charge in [0.05, 0.1) is 16.3 Å². The Balaban J connectivity index is 2.28. The maximum absolute atomic E-state index is 13.0. The Morgan fingerprint density at radius 3 is 2.65 bits per heavy atom. The zero-order valence-electron chi connectivity index (χ0n) is 10.3. The third kappa shape index (κ3) is 3.22. The highest BCUT2D eigenvalue weighted by Gasteiger charge is 2.12. The second kappa shape index (κ2) is 5.85. The first-order valence-electron chi connectivity index (χ1n) is 5.48. The predicted molar refractivity (Wildman–Crippen MR) is 68.3 cm³/mol. The van der Waals surface area contributed by atoms with Crippen molar-refractivity contribution in [2.24, 2.45) is 0 Å². The van der Waals surface area contributed by atoms with Crippen LogP contribution >= 0.6 is 0 Å². The summed E-state index contributed by atoms with van der Waals surface area (Å²) in [5.74, 6) is -1.34. The smallest absolute Gasteiger partial charge is 0.276 e. The number of anilines is 1. The summed E-state index contributed by atoms with van der Waals surface area (Å²) in [6.07, 6.45) is 0. The van der Waals surface area contributed by atoms with Gasteiger partial charge >= 0.3 is 0 Å². The molecule has 1 aromatic heterocycles. The van der Waals surface area contributed by atoms with Crippen LogP contribution in [0.15, 0.2) is 35.2 Å². The van der Waals surface area contributed by atoms with E-state index in [4.69, 9.17) is 0 Å². The minimum Gasteiger partial charge on any atom is -0.768 e. The molecule has 1 atom stereocenters. The number of benzene rings is 1. The minimum absolute atomic E-state index is 0.0212. The van der Waals surface area contributed by atoms with Gasteiger partial charge in [-0.25, -0.2) is 4.39 Å². The molecule has 1 unspecified atom stereocenters. The monoisotopic (exact) mass is 294 g/mol. The van der Waals surface area contributed by atoms with Gasteiger partial charge in [0.25, 0.3) is 5.91 Å². The second-order valence-corrected chi connectivity index (χ2v) is 4.80. The molecule has 1 aromatic carbocycles. The molecule has 0 saturated heterocycles. The van der Waals surface area contributed by atoms with Gasteiger partial charge in [-0.2, -0.15) is 5.10 Å². The van der Waals surface area contributed by atoms with Gasteiger partial charge in [0.2, 0.25) is 0 Å². The van der Waals surface area contributed by atoms with Gasteiger partial charge in [-0.15, -0.1) is 5.10 Å². The molecular formula is C12H9FN3O3S-. The van der Waals surface area contributed by atoms with Gasteiger partial charge in [0.1, 0.15) is 5.82 Å². The molecule has 0 saturated carbocycles. The minimum atomic E-state index is -2.67. The van der Waals surface area contributed by atoms with E-state index in [1.165, 1.54) is 12.1 Å². The van der Waals surface area contributed by atoms with E-state index >= 15 is 0 Å². The molecule has 104 valence electrons. The molecule has 0 aliphatic heterocycles. The van der Waals surface area contributed by atoms with Gasteiger partial charge < -0.3 is 9.87 Å². The Morgan fingerprint density at radius 2 is 2.05 bits per heavy atom. The number of aromatic nitrogens is 2. The third-order valence-electron chi connectivity index (χ3n) is 2.40. The number of nitrogens with zero attached hydrogens (tertiary/aromatic N) is 2. The molecular weight excluding hydrogens is 285 g/mol. The molecule has 2 rings (SSSR count). The van der Waals surface area contributed by atoms with Gasteiger partial charge in [0.15, 0.2) is 5.69 Å². The summed E-state index contributed by atoms with van der Waals surface area (Å²) in [6.45, 7) is 1.72. The number of carbonyl (C=O) groups excluding carboxylic acids is 1. The zero-order chi connectivity index (χ0) is 14.7. The SMILES string of the molecule is Cc1ccc(C(=O)Nc2ccc(F)cc2S(=O)[O-])nn1. The fourth-order valence-electron chi connectivity index (χ4n) is 1.44. The van der Waals surface area contributed by atoms with Crippen LogP contribution < -0.4 is 5.32 Å². The van der Waals surface area contributed by atoms with Gasteiger partial charge in [-0.3, -0.25) is 9.00 Å². The molecule has 0 aliphatic carbocycles. The van der Waals surface area contributed by atoms with Crippen molar-refractivity contribution in [3.05, 3.63) is 47.5 Å². The van der Waals surface area contributed by atoms with Crippen LogP contribution in [0.5, 0.6) is 0 Å². The third-order valence-corrected chi connectivity index (χ3v) is 3.10. The average Bonchev–Trinajstić information content (AvgIpc) is 2.41. The van der Waals surface area contributed by atoms with E-state index in [1.807, 2.05) is 0 Å². The Labute approximate surface area is 116 Å². The first-order valence-corrected chi connectivity index (χ1v) is 6.55. The number of nitrogens with one attached hydrogen (secondary N) is 1. The van der Waals surface area contributed by atoms with E-state index in [-0.39, 0.29) is 16.3 Å². The fraction of sp³-hybridized carbons (Fsp3) is 0.0833. The fourth-order valence-corrected chi connectivity index (χ4v) is 1.95. The van der Waals surface area contributed by atoms with Crippen molar-refractivity contribution in [2.75, 3.05) is 5.32 Å². The number of hydrogen-bond acceptors (Lipinski definition) is 5. The molecule has 0 spiro atoms. The van der Waals surface area contributed by atoms with Crippen molar-refractivity contribution in [3.63, 3.8) is 0 Å². The number of rotatable bonds is 3. The number of halogens is 1. The molecule has 20 heavy (non-hydrogen) atoms. The summed E-state index contributed by atoms with van der Waals surface area (Å²) in [6, 6.07) is 6.08. The molecule has 8 heteroatoms. The normalized spacial score (nSPS) is 11.9. The van der Waals surface area contributed by atoms with Gasteiger partial charge in [-0.1, -0.05) is 0 Å². The summed E-state index contributed by atoms with van der Waals surface area (Å²) < 4.78 is 35.0. The highest BCUT2D eigenvalue weighted by Crippen LogP contribution is 2.20. The Kier molecular flexibility index (Phi) is 4.16. The first-order chi connectivity index (χ1) is 9.47. The van der Waals surface area contributed by atoms with Crippen molar-refractivity contribution in [2.45, 2.75) is 11.8 Å². The van der Waals surface area contributed by atoms with Crippen molar-refractivity contribution < 1.29 is 17.9 Å². The van der Waals surface area contributed by atoms with Crippen LogP contribution in [0.1, 0.15) is 16.2 Å². The van der Waals surface area contributed by atoms with Crippen LogP contribution in [0.25, 0.3) is 0 Å². The highest BCUT2D eigenvalue weighted by atomic mass is 32.2. The van der Waals surface area contributed by atoms with E-state index in [2.05, 4.69) is 15.5 Å². The number of aryl methyl sites for hydroxylation is 1. The molecule has 6 nitrogen and oxygen atoms in total. The van der Waals surface area contributed by atoms with E-state index < -0.39 is 22.8 Å². The van der Waals surface area contributed by atoms with Crippen molar-refractivity contribution in [3.8, 4) is 0 Å². The maximum atomic E-state index is 13.0. The Bertz CT molecular complexity index is 676. The standard InChI is InChI=1S/C12H10FN3O3S/c1-7-2-4-10(16-15-7)12(17)14-9-5-3-8(13)6-11(9)20(18)19/h2-6H,1H3,(H,14,17)(H,18,19)/p-1. The summed E-state index contributed by atoms with van der Waals surface area (Å²) in [4.78, 5) is 11.5. The molecule has 0 radical (unpaired) electrons. The highest BCUT2D eigenvalue weighted by molar-refractivity contribution is 7.79. The topological polar surface area (TPSA) is 95.0 Å². The zero-order valence-corrected chi connectivity index (χ0v) is 11.1. The average molecular weight is 294 g/mol. The van der Waals surface area contributed by atoms with Gasteiger partial charge in [-0.05, 0) is 48.3 Å². The summed E-state index contributed by atoms with van der Waals surface area (Å²) in [5.41, 5.74) is 0.652. The lowest BCUT2D eigenvalue weighted by molar-refractivity contribution is 0.102. The van der Waals surface area contributed by atoms with Crippen LogP contribution in [0.3, 0.4) is 0 Å². The number of carbonyl (C=O) groups is 1. The molecule has 1 amide bonds. The lowest BCUT2D eigenvalue weighted by Crippen LogP contribution is -2.16. The summed E-state index contributed by atoms with van der Waals surface area (Å²) in [7, 11) is 0. The lowest BCUT2D eigenvalue weighted by atomic mass is 10.3. The van der Waals surface area contributed by atoms with Crippen LogP contribution in [-0.2, 0) is 11.1 Å². The summed E-state index contributed by atoms with van der Waals surface area (Å²) >= 11 is -2.67. The molecule has 0 aliphatic rings. The van der Waals surface area contributed by atoms with Crippen LogP contribution in [0.2, 0.25) is 0 Å². The van der Waals surface area contributed by atoms with E-state index in [0.717, 1.165) is 12.1 Å². The van der Waals surface area contributed by atoms with E-state index in [1.54, 1.807) is 13.0 Å². The van der Waals surface area contributed by atoms with Crippen LogP contribution in [-0.4, -0.2) is 24.9 Å². The van der Waals surface area contributed by atoms with Crippen molar-refractivity contribution >= 4 is 22.7 Å². The predicted octanol–water partition coefficient (Wildman–Crippen LogP) is 1.41. The molecule has 1 heterocycles. The molecule has 0 fully saturated rings. The van der Waals surface area contributed by atoms with Crippen molar-refractivity contribution in [1.29, 1.82) is 0 Å². The molecule has 0 bridgehead atoms. The van der Waals surface area contributed by atoms with Crippen molar-refractivity contribution in [1.82, 2.24) is 10.2 Å². The summed E-state index contributed by atoms with van der Waals surface area (Å²) in [5, 5.41) is 9.75. The number of hydrogen-bond donors (Lipinski definition) is 1. The lowest BCUT2D eigenvalue weighted by Gasteiger charge is -2.12. The largest absolute Gasteiger partial charge is 0.768 e. The van der Waals surface area contributed by atoms with Gasteiger partial charge in [0, 0.05) is 0 Å². The van der Waals surface area contributed by atoms with E-state index in [9.17, 15) is 17.9 Å². The number of amides is 1. The van der Waals surface area contributed by atoms with Crippen LogP contribution in [0.4, 0.5) is 10.1 Å². The van der Waals surface area contributed by atoms with E-state index in [0.29, 0.717) is 5.69 Å².